The quantitative estimate of drug-likeness (QED) is 0.848. The van der Waals surface area contributed by atoms with E-state index in [1.54, 1.807) is 13.1 Å². The van der Waals surface area contributed by atoms with Gasteiger partial charge in [-0.2, -0.15) is 0 Å². The molecule has 1 aromatic heterocycles. The van der Waals surface area contributed by atoms with E-state index in [0.29, 0.717) is 0 Å². The molecule has 2 N–H and O–H groups in total. The number of benzene rings is 1. The first-order valence-corrected chi connectivity index (χ1v) is 7.29. The van der Waals surface area contributed by atoms with Crippen LogP contribution in [-0.2, 0) is 4.79 Å². The van der Waals surface area contributed by atoms with Crippen LogP contribution in [0.4, 0.5) is 4.79 Å². The number of rotatable bonds is 3. The summed E-state index contributed by atoms with van der Waals surface area (Å²) in [4.78, 5) is 24.3. The van der Waals surface area contributed by atoms with Crippen molar-refractivity contribution >= 4 is 23.5 Å². The number of nitrogens with zero attached hydrogens (tertiary/aromatic N) is 2. The second kappa shape index (κ2) is 4.92. The van der Waals surface area contributed by atoms with E-state index in [1.165, 1.54) is 11.5 Å². The van der Waals surface area contributed by atoms with Gasteiger partial charge in [0.05, 0.1) is 11.1 Å². The molecule has 3 amide bonds. The Labute approximate surface area is 125 Å². The molecule has 2 heterocycles. The van der Waals surface area contributed by atoms with Crippen LogP contribution in [0.2, 0.25) is 0 Å². The molecule has 7 heteroatoms. The molecular formula is C14H14N4O2S. The number of imide groups is 1. The summed E-state index contributed by atoms with van der Waals surface area (Å²) in [6.07, 6.45) is 1.72. The molecule has 1 aliphatic rings. The summed E-state index contributed by atoms with van der Waals surface area (Å²) in [5, 5.41) is 8.81. The Balaban J connectivity index is 1.87. The van der Waals surface area contributed by atoms with Gasteiger partial charge in [0, 0.05) is 5.92 Å². The van der Waals surface area contributed by atoms with Gasteiger partial charge in [-0.1, -0.05) is 35.7 Å². The van der Waals surface area contributed by atoms with Crippen LogP contribution in [0.25, 0.3) is 10.4 Å². The number of carbonyl (C=O) groups excluding carboxylic acids is 2. The lowest BCUT2D eigenvalue weighted by Gasteiger charge is -2.28. The fourth-order valence-corrected chi connectivity index (χ4v) is 2.94. The van der Waals surface area contributed by atoms with Crippen molar-refractivity contribution in [3.8, 4) is 10.4 Å². The molecule has 1 saturated heterocycles. The van der Waals surface area contributed by atoms with Crippen LogP contribution >= 0.6 is 11.5 Å². The predicted octanol–water partition coefficient (Wildman–Crippen LogP) is 1.91. The molecule has 2 atom stereocenters. The first-order chi connectivity index (χ1) is 10.0. The zero-order valence-electron chi connectivity index (χ0n) is 11.6. The van der Waals surface area contributed by atoms with Gasteiger partial charge < -0.3 is 5.32 Å². The van der Waals surface area contributed by atoms with Gasteiger partial charge in [-0.25, -0.2) is 4.79 Å². The normalized spacial score (nSPS) is 22.8. The van der Waals surface area contributed by atoms with Crippen molar-refractivity contribution in [3.63, 3.8) is 0 Å². The molecular weight excluding hydrogens is 288 g/mol. The third-order valence-corrected chi connectivity index (χ3v) is 4.71. The highest BCUT2D eigenvalue weighted by molar-refractivity contribution is 7.09. The van der Waals surface area contributed by atoms with Gasteiger partial charge in [0.1, 0.15) is 5.54 Å². The van der Waals surface area contributed by atoms with E-state index in [2.05, 4.69) is 20.2 Å². The molecule has 0 saturated carbocycles. The molecule has 6 nitrogen and oxygen atoms in total. The molecule has 1 fully saturated rings. The maximum atomic E-state index is 12.0. The Hall–Kier alpha value is -2.28. The van der Waals surface area contributed by atoms with Crippen LogP contribution in [-0.4, -0.2) is 27.1 Å². The Morgan fingerprint density at radius 3 is 2.48 bits per heavy atom. The average Bonchev–Trinajstić information content (AvgIpc) is 3.08. The van der Waals surface area contributed by atoms with Crippen LogP contribution < -0.4 is 10.6 Å². The summed E-state index contributed by atoms with van der Waals surface area (Å²) in [7, 11) is 0. The maximum Gasteiger partial charge on any atom is 0.322 e. The molecule has 0 spiro atoms. The van der Waals surface area contributed by atoms with Crippen LogP contribution in [0.1, 0.15) is 25.3 Å². The van der Waals surface area contributed by atoms with Gasteiger partial charge in [-0.05, 0) is 29.6 Å². The van der Waals surface area contributed by atoms with E-state index >= 15 is 0 Å². The van der Waals surface area contributed by atoms with Gasteiger partial charge in [0.25, 0.3) is 5.91 Å². The number of hydrogen-bond acceptors (Lipinski definition) is 5. The minimum absolute atomic E-state index is 0.141. The molecule has 108 valence electrons. The van der Waals surface area contributed by atoms with E-state index in [9.17, 15) is 9.59 Å². The van der Waals surface area contributed by atoms with Crippen LogP contribution in [0.15, 0.2) is 30.5 Å². The van der Waals surface area contributed by atoms with Crippen molar-refractivity contribution in [1.29, 1.82) is 0 Å². The van der Waals surface area contributed by atoms with Crippen LogP contribution in [0.5, 0.6) is 0 Å². The number of urea groups is 1. The second-order valence-corrected chi connectivity index (χ2v) is 6.02. The highest BCUT2D eigenvalue weighted by Crippen LogP contribution is 2.32. The van der Waals surface area contributed by atoms with E-state index in [0.717, 1.165) is 16.0 Å². The van der Waals surface area contributed by atoms with Gasteiger partial charge in [-0.15, -0.1) is 5.10 Å². The van der Waals surface area contributed by atoms with Crippen molar-refractivity contribution in [2.75, 3.05) is 0 Å². The van der Waals surface area contributed by atoms with Crippen molar-refractivity contribution in [2.45, 2.75) is 25.3 Å². The van der Waals surface area contributed by atoms with Crippen LogP contribution in [0.3, 0.4) is 0 Å². The smallest absolute Gasteiger partial charge is 0.322 e. The number of carbonyl (C=O) groups is 2. The fraction of sp³-hybridized carbons (Fsp3) is 0.286. The number of nitrogens with one attached hydrogen (secondary N) is 2. The van der Waals surface area contributed by atoms with E-state index in [-0.39, 0.29) is 11.8 Å². The maximum absolute atomic E-state index is 12.0. The Morgan fingerprint density at radius 1 is 1.24 bits per heavy atom. The molecule has 3 rings (SSSR count). The summed E-state index contributed by atoms with van der Waals surface area (Å²) in [5.74, 6) is -0.437. The van der Waals surface area contributed by atoms with Crippen molar-refractivity contribution in [2.24, 2.45) is 0 Å². The molecule has 0 aliphatic carbocycles. The van der Waals surface area contributed by atoms with Gasteiger partial charge in [0.2, 0.25) is 0 Å². The largest absolute Gasteiger partial charge is 0.323 e. The summed E-state index contributed by atoms with van der Waals surface area (Å²) in [5.41, 5.74) is 1.09. The molecule has 2 unspecified atom stereocenters. The molecule has 2 aromatic rings. The standard InChI is InChI=1S/C14H14N4O2S/c1-8(14(2)12(19)16-13(20)17-14)9-3-5-10(6-4-9)11-7-15-18-21-11/h3-8H,1-2H3,(H2,16,17,19,20). The summed E-state index contributed by atoms with van der Waals surface area (Å²) in [6, 6.07) is 7.42. The lowest BCUT2D eigenvalue weighted by atomic mass is 9.82. The Morgan fingerprint density at radius 2 is 1.95 bits per heavy atom. The third-order valence-electron chi connectivity index (χ3n) is 3.99. The zero-order valence-corrected chi connectivity index (χ0v) is 12.4. The summed E-state index contributed by atoms with van der Waals surface area (Å²) in [6.45, 7) is 3.66. The average molecular weight is 302 g/mol. The predicted molar refractivity (Wildman–Crippen MR) is 78.8 cm³/mol. The molecule has 0 bridgehead atoms. The first-order valence-electron chi connectivity index (χ1n) is 6.52. The SMILES string of the molecule is CC(c1ccc(-c2cnns2)cc1)C1(C)NC(=O)NC1=O. The topological polar surface area (TPSA) is 84.0 Å². The van der Waals surface area contributed by atoms with Gasteiger partial charge >= 0.3 is 6.03 Å². The molecule has 0 radical (unpaired) electrons. The lowest BCUT2D eigenvalue weighted by Crippen LogP contribution is -2.48. The van der Waals surface area contributed by atoms with E-state index in [4.69, 9.17) is 0 Å². The minimum Gasteiger partial charge on any atom is -0.323 e. The van der Waals surface area contributed by atoms with Crippen molar-refractivity contribution < 1.29 is 9.59 Å². The molecule has 1 aromatic carbocycles. The second-order valence-electron chi connectivity index (χ2n) is 5.24. The minimum atomic E-state index is -0.926. The van der Waals surface area contributed by atoms with Gasteiger partial charge in [-0.3, -0.25) is 10.1 Å². The van der Waals surface area contributed by atoms with E-state index in [1.807, 2.05) is 31.2 Å². The highest BCUT2D eigenvalue weighted by Gasteiger charge is 2.46. The monoisotopic (exact) mass is 302 g/mol. The fourth-order valence-electron chi connectivity index (χ4n) is 2.43. The number of hydrogen-bond donors (Lipinski definition) is 2. The summed E-state index contributed by atoms with van der Waals surface area (Å²) < 4.78 is 3.84. The Kier molecular flexibility index (Phi) is 3.21. The summed E-state index contributed by atoms with van der Waals surface area (Å²) >= 11 is 1.33. The van der Waals surface area contributed by atoms with Gasteiger partial charge in [0.15, 0.2) is 0 Å². The van der Waals surface area contributed by atoms with Crippen molar-refractivity contribution in [1.82, 2.24) is 20.2 Å². The lowest BCUT2D eigenvalue weighted by molar-refractivity contribution is -0.124. The molecule has 21 heavy (non-hydrogen) atoms. The molecule has 1 aliphatic heterocycles. The Bertz CT molecular complexity index is 684. The highest BCUT2D eigenvalue weighted by atomic mass is 32.1. The zero-order chi connectivity index (χ0) is 15.0. The van der Waals surface area contributed by atoms with Crippen LogP contribution in [0, 0.1) is 0 Å². The van der Waals surface area contributed by atoms with E-state index < -0.39 is 11.6 Å². The number of amides is 3. The third kappa shape index (κ3) is 2.29. The van der Waals surface area contributed by atoms with Crippen molar-refractivity contribution in [3.05, 3.63) is 36.0 Å². The number of aromatic nitrogens is 2. The first kappa shape index (κ1) is 13.7.